The zero-order valence-electron chi connectivity index (χ0n) is 13.9. The van der Waals surface area contributed by atoms with Gasteiger partial charge in [-0.1, -0.05) is 48.2 Å². The van der Waals surface area contributed by atoms with Gasteiger partial charge in [-0.15, -0.1) is 0 Å². The summed E-state index contributed by atoms with van der Waals surface area (Å²) in [6, 6.07) is 18.2. The molecule has 0 saturated carbocycles. The summed E-state index contributed by atoms with van der Waals surface area (Å²) in [5.41, 5.74) is 0.475. The summed E-state index contributed by atoms with van der Waals surface area (Å²) in [7, 11) is 0. The van der Waals surface area contributed by atoms with E-state index in [0.717, 1.165) is 27.6 Å². The summed E-state index contributed by atoms with van der Waals surface area (Å²) in [5, 5.41) is 12.8. The van der Waals surface area contributed by atoms with Gasteiger partial charge in [-0.25, -0.2) is 4.98 Å². The molecule has 4 rings (SSSR count). The predicted octanol–water partition coefficient (Wildman–Crippen LogP) is 4.88. The summed E-state index contributed by atoms with van der Waals surface area (Å²) >= 11 is 1.16. The highest BCUT2D eigenvalue weighted by Crippen LogP contribution is 2.40. The minimum atomic E-state index is -0.529. The van der Waals surface area contributed by atoms with E-state index in [1.54, 1.807) is 30.5 Å². The van der Waals surface area contributed by atoms with Crippen molar-refractivity contribution in [2.75, 3.05) is 0 Å². The van der Waals surface area contributed by atoms with Crippen molar-refractivity contribution in [2.24, 2.45) is 0 Å². The largest absolute Gasteiger partial charge is 0.434 e. The Labute approximate surface area is 158 Å². The first-order chi connectivity index (χ1) is 13.2. The minimum Gasteiger partial charge on any atom is -0.434 e. The fourth-order valence-electron chi connectivity index (χ4n) is 2.52. The lowest BCUT2D eigenvalue weighted by atomic mass is 10.2. The van der Waals surface area contributed by atoms with Crippen LogP contribution in [-0.2, 0) is 0 Å². The van der Waals surface area contributed by atoms with E-state index in [1.165, 1.54) is 6.33 Å². The van der Waals surface area contributed by atoms with Crippen LogP contribution in [-0.4, -0.2) is 19.9 Å². The monoisotopic (exact) mass is 376 g/mol. The molecule has 0 spiro atoms. The van der Waals surface area contributed by atoms with Crippen molar-refractivity contribution in [1.29, 1.82) is 0 Å². The molecule has 8 heteroatoms. The van der Waals surface area contributed by atoms with Gasteiger partial charge < -0.3 is 4.74 Å². The Balaban J connectivity index is 1.76. The number of fused-ring (bicyclic) bond motifs is 1. The summed E-state index contributed by atoms with van der Waals surface area (Å²) in [4.78, 5) is 24.4. The Kier molecular flexibility index (Phi) is 4.63. The van der Waals surface area contributed by atoms with Crippen LogP contribution in [0.5, 0.6) is 11.6 Å². The summed E-state index contributed by atoms with van der Waals surface area (Å²) in [5.74, 6) is 0.360. The van der Waals surface area contributed by atoms with Gasteiger partial charge in [-0.05, 0) is 24.3 Å². The van der Waals surface area contributed by atoms with Crippen molar-refractivity contribution in [3.8, 4) is 11.6 Å². The van der Waals surface area contributed by atoms with Gasteiger partial charge in [0.05, 0.1) is 10.4 Å². The lowest BCUT2D eigenvalue weighted by Gasteiger charge is -2.08. The van der Waals surface area contributed by atoms with Crippen LogP contribution in [0.15, 0.2) is 83.1 Å². The van der Waals surface area contributed by atoms with Crippen molar-refractivity contribution in [3.63, 3.8) is 0 Å². The zero-order valence-corrected chi connectivity index (χ0v) is 14.7. The molecule has 2 aromatic carbocycles. The van der Waals surface area contributed by atoms with Gasteiger partial charge >= 0.3 is 11.6 Å². The van der Waals surface area contributed by atoms with Gasteiger partial charge in [-0.3, -0.25) is 15.1 Å². The second-order valence-corrected chi connectivity index (χ2v) is 6.47. The maximum absolute atomic E-state index is 11.7. The molecular formula is C19H12N4O3S. The van der Waals surface area contributed by atoms with Gasteiger partial charge in [0.1, 0.15) is 12.1 Å². The van der Waals surface area contributed by atoms with E-state index in [-0.39, 0.29) is 16.6 Å². The summed E-state index contributed by atoms with van der Waals surface area (Å²) in [6.07, 6.45) is 2.94. The molecule has 132 valence electrons. The molecule has 0 radical (unpaired) electrons. The van der Waals surface area contributed by atoms with Gasteiger partial charge in [0.25, 0.3) is 0 Å². The lowest BCUT2D eigenvalue weighted by Crippen LogP contribution is -2.00. The van der Waals surface area contributed by atoms with Crippen LogP contribution in [0, 0.1) is 10.1 Å². The van der Waals surface area contributed by atoms with Crippen LogP contribution in [0.3, 0.4) is 0 Å². The van der Waals surface area contributed by atoms with Crippen LogP contribution in [0.4, 0.5) is 5.69 Å². The maximum atomic E-state index is 11.7. The first-order valence-corrected chi connectivity index (χ1v) is 8.78. The van der Waals surface area contributed by atoms with E-state index in [9.17, 15) is 10.1 Å². The van der Waals surface area contributed by atoms with Crippen LogP contribution in [0.1, 0.15) is 0 Å². The number of aromatic nitrogens is 3. The molecule has 0 atom stereocenters. The number of nitrogens with zero attached hydrogens (tertiary/aromatic N) is 4. The number of hydrogen-bond acceptors (Lipinski definition) is 7. The van der Waals surface area contributed by atoms with E-state index in [1.807, 2.05) is 36.4 Å². The predicted molar refractivity (Wildman–Crippen MR) is 101 cm³/mol. The average Bonchev–Trinajstić information content (AvgIpc) is 2.69. The molecule has 0 aliphatic heterocycles. The van der Waals surface area contributed by atoms with Gasteiger partial charge in [0.15, 0.2) is 5.03 Å². The minimum absolute atomic E-state index is 0.100. The molecule has 0 bridgehead atoms. The second kappa shape index (κ2) is 7.38. The van der Waals surface area contributed by atoms with Crippen LogP contribution in [0.2, 0.25) is 0 Å². The van der Waals surface area contributed by atoms with Crippen LogP contribution >= 0.6 is 11.8 Å². The summed E-state index contributed by atoms with van der Waals surface area (Å²) < 4.78 is 5.61. The molecule has 0 amide bonds. The van der Waals surface area contributed by atoms with Gasteiger partial charge in [-0.2, -0.15) is 4.98 Å². The van der Waals surface area contributed by atoms with Crippen molar-refractivity contribution >= 4 is 28.4 Å². The van der Waals surface area contributed by atoms with Crippen molar-refractivity contribution in [1.82, 2.24) is 15.0 Å². The number of para-hydroxylation sites is 2. The van der Waals surface area contributed by atoms with Crippen LogP contribution < -0.4 is 4.74 Å². The number of hydrogen-bond donors (Lipinski definition) is 0. The highest BCUT2D eigenvalue weighted by Gasteiger charge is 2.26. The third-order valence-electron chi connectivity index (χ3n) is 3.70. The molecule has 0 aliphatic rings. The topological polar surface area (TPSA) is 91.0 Å². The standard InChI is InChI=1S/C19H12N4O3S/c24-23(25)17-18(26-14-8-2-1-3-9-14)21-12-22-19(17)27-15-10-4-6-13-7-5-11-20-16(13)15/h1-12H. The van der Waals surface area contributed by atoms with Crippen LogP contribution in [0.25, 0.3) is 10.9 Å². The van der Waals surface area contributed by atoms with Crippen molar-refractivity contribution < 1.29 is 9.66 Å². The SMILES string of the molecule is O=[N+]([O-])c1c(Oc2ccccc2)ncnc1Sc1cccc2cccnc12. The molecular weight excluding hydrogens is 364 g/mol. The molecule has 4 aromatic rings. The quantitative estimate of drug-likeness (QED) is 0.278. The first kappa shape index (κ1) is 16.9. The molecule has 0 saturated heterocycles. The fraction of sp³-hybridized carbons (Fsp3) is 0. The number of rotatable bonds is 5. The molecule has 7 nitrogen and oxygen atoms in total. The lowest BCUT2D eigenvalue weighted by molar-refractivity contribution is -0.389. The van der Waals surface area contributed by atoms with Crippen molar-refractivity contribution in [2.45, 2.75) is 9.92 Å². The second-order valence-electron chi connectivity index (χ2n) is 5.44. The van der Waals surface area contributed by atoms with Gasteiger partial charge in [0.2, 0.25) is 0 Å². The van der Waals surface area contributed by atoms with E-state index >= 15 is 0 Å². The highest BCUT2D eigenvalue weighted by atomic mass is 32.2. The van der Waals surface area contributed by atoms with E-state index in [2.05, 4.69) is 15.0 Å². The number of pyridine rings is 1. The number of nitro groups is 1. The Morgan fingerprint density at radius 1 is 0.926 bits per heavy atom. The first-order valence-electron chi connectivity index (χ1n) is 7.96. The highest BCUT2D eigenvalue weighted by molar-refractivity contribution is 7.99. The maximum Gasteiger partial charge on any atom is 0.363 e. The molecule has 0 fully saturated rings. The molecule has 0 unspecified atom stereocenters. The average molecular weight is 376 g/mol. The molecule has 2 heterocycles. The Hall–Kier alpha value is -3.52. The fourth-order valence-corrected chi connectivity index (χ4v) is 3.50. The smallest absolute Gasteiger partial charge is 0.363 e. The van der Waals surface area contributed by atoms with E-state index in [4.69, 9.17) is 4.74 Å². The van der Waals surface area contributed by atoms with E-state index in [0.29, 0.717) is 5.75 Å². The Morgan fingerprint density at radius 3 is 2.56 bits per heavy atom. The van der Waals surface area contributed by atoms with Gasteiger partial charge in [0, 0.05) is 16.5 Å². The Morgan fingerprint density at radius 2 is 1.74 bits per heavy atom. The summed E-state index contributed by atoms with van der Waals surface area (Å²) in [6.45, 7) is 0. The van der Waals surface area contributed by atoms with E-state index < -0.39 is 4.92 Å². The Bertz CT molecular complexity index is 1120. The third kappa shape index (κ3) is 3.56. The molecule has 0 aliphatic carbocycles. The number of benzene rings is 2. The third-order valence-corrected chi connectivity index (χ3v) is 4.74. The normalized spacial score (nSPS) is 10.7. The zero-order chi connectivity index (χ0) is 18.6. The number of ether oxygens (including phenoxy) is 1. The van der Waals surface area contributed by atoms with Crippen molar-refractivity contribution in [3.05, 3.63) is 83.3 Å². The molecule has 27 heavy (non-hydrogen) atoms. The molecule has 2 aromatic heterocycles. The molecule has 0 N–H and O–H groups in total.